The SMILES string of the molecule is Cc1cc(C)n(/N=C/c2ccc(F)cc2)c(=O)c1C#N. The minimum Gasteiger partial charge on any atom is -0.266 e. The Kier molecular flexibility index (Phi) is 3.76. The van der Waals surface area contributed by atoms with Gasteiger partial charge in [-0.2, -0.15) is 10.4 Å². The van der Waals surface area contributed by atoms with Gasteiger partial charge in [0.15, 0.2) is 0 Å². The van der Waals surface area contributed by atoms with Crippen molar-refractivity contribution in [3.05, 3.63) is 68.9 Å². The highest BCUT2D eigenvalue weighted by Gasteiger charge is 2.08. The Balaban J connectivity index is 2.47. The van der Waals surface area contributed by atoms with Crippen molar-refractivity contribution in [3.63, 3.8) is 0 Å². The molecule has 2 rings (SSSR count). The number of nitriles is 1. The van der Waals surface area contributed by atoms with Crippen LogP contribution in [0.15, 0.2) is 40.2 Å². The maximum absolute atomic E-state index is 12.8. The van der Waals surface area contributed by atoms with E-state index in [-0.39, 0.29) is 11.4 Å². The molecular weight excluding hydrogens is 257 g/mol. The van der Waals surface area contributed by atoms with E-state index in [9.17, 15) is 9.18 Å². The maximum Gasteiger partial charge on any atom is 0.289 e. The van der Waals surface area contributed by atoms with E-state index in [4.69, 9.17) is 5.26 Å². The summed E-state index contributed by atoms with van der Waals surface area (Å²) in [7, 11) is 0. The van der Waals surface area contributed by atoms with E-state index in [1.165, 1.54) is 18.3 Å². The summed E-state index contributed by atoms with van der Waals surface area (Å²) in [6.07, 6.45) is 1.45. The number of halogens is 1. The Morgan fingerprint density at radius 2 is 1.95 bits per heavy atom. The van der Waals surface area contributed by atoms with E-state index in [2.05, 4.69) is 5.10 Å². The Morgan fingerprint density at radius 3 is 2.55 bits per heavy atom. The lowest BCUT2D eigenvalue weighted by Crippen LogP contribution is -2.22. The Bertz CT molecular complexity index is 767. The van der Waals surface area contributed by atoms with E-state index in [0.29, 0.717) is 16.8 Å². The first-order valence-electron chi connectivity index (χ1n) is 5.96. The molecule has 0 bridgehead atoms. The molecule has 1 heterocycles. The second kappa shape index (κ2) is 5.49. The molecule has 0 spiro atoms. The Hall–Kier alpha value is -2.74. The van der Waals surface area contributed by atoms with Crippen LogP contribution in [0.3, 0.4) is 0 Å². The second-order valence-corrected chi connectivity index (χ2v) is 4.37. The smallest absolute Gasteiger partial charge is 0.266 e. The first-order chi connectivity index (χ1) is 9.52. The largest absolute Gasteiger partial charge is 0.289 e. The third-order valence-electron chi connectivity index (χ3n) is 2.86. The van der Waals surface area contributed by atoms with Crippen LogP contribution in [0.4, 0.5) is 4.39 Å². The van der Waals surface area contributed by atoms with Crippen LogP contribution in [0, 0.1) is 31.0 Å². The van der Waals surface area contributed by atoms with E-state index < -0.39 is 5.56 Å². The standard InChI is InChI=1S/C15H12FN3O/c1-10-7-11(2)19(15(20)14(10)8-17)18-9-12-3-5-13(16)6-4-12/h3-7,9H,1-2H3/b18-9+. The summed E-state index contributed by atoms with van der Waals surface area (Å²) >= 11 is 0. The summed E-state index contributed by atoms with van der Waals surface area (Å²) in [5, 5.41) is 13.0. The van der Waals surface area contributed by atoms with Gasteiger partial charge in [-0.15, -0.1) is 0 Å². The minimum absolute atomic E-state index is 0.0758. The van der Waals surface area contributed by atoms with Crippen molar-refractivity contribution in [3.8, 4) is 6.07 Å². The first kappa shape index (κ1) is 13.7. The predicted octanol–water partition coefficient (Wildman–Crippen LogP) is 2.36. The van der Waals surface area contributed by atoms with Gasteiger partial charge in [0.05, 0.1) is 6.21 Å². The molecule has 1 aromatic heterocycles. The minimum atomic E-state index is -0.455. The molecule has 0 atom stereocenters. The molecule has 20 heavy (non-hydrogen) atoms. The molecule has 0 saturated carbocycles. The zero-order valence-corrected chi connectivity index (χ0v) is 11.1. The maximum atomic E-state index is 12.8. The van der Waals surface area contributed by atoms with Crippen molar-refractivity contribution in [2.75, 3.05) is 0 Å². The van der Waals surface area contributed by atoms with Crippen LogP contribution in [0.25, 0.3) is 0 Å². The number of rotatable bonds is 2. The van der Waals surface area contributed by atoms with Gasteiger partial charge in [0.2, 0.25) is 0 Å². The van der Waals surface area contributed by atoms with Gasteiger partial charge in [0.1, 0.15) is 17.4 Å². The van der Waals surface area contributed by atoms with Crippen molar-refractivity contribution in [2.45, 2.75) is 13.8 Å². The van der Waals surface area contributed by atoms with Gasteiger partial charge in [-0.3, -0.25) is 4.79 Å². The lowest BCUT2D eigenvalue weighted by atomic mass is 10.1. The molecular formula is C15H12FN3O. The van der Waals surface area contributed by atoms with E-state index >= 15 is 0 Å². The summed E-state index contributed by atoms with van der Waals surface area (Å²) in [4.78, 5) is 12.1. The van der Waals surface area contributed by atoms with Gasteiger partial charge < -0.3 is 0 Å². The van der Waals surface area contributed by atoms with Crippen molar-refractivity contribution >= 4 is 6.21 Å². The molecule has 0 saturated heterocycles. The highest BCUT2D eigenvalue weighted by atomic mass is 19.1. The third kappa shape index (κ3) is 2.64. The fraction of sp³-hybridized carbons (Fsp3) is 0.133. The van der Waals surface area contributed by atoms with E-state index in [0.717, 1.165) is 4.68 Å². The lowest BCUT2D eigenvalue weighted by molar-refractivity contribution is 0.628. The zero-order valence-electron chi connectivity index (χ0n) is 11.1. The van der Waals surface area contributed by atoms with Gasteiger partial charge in [0, 0.05) is 5.69 Å². The normalized spacial score (nSPS) is 10.7. The molecule has 0 N–H and O–H groups in total. The van der Waals surface area contributed by atoms with E-state index in [1.807, 2.05) is 6.07 Å². The summed E-state index contributed by atoms with van der Waals surface area (Å²) < 4.78 is 13.9. The fourth-order valence-electron chi connectivity index (χ4n) is 1.83. The van der Waals surface area contributed by atoms with Crippen LogP contribution in [-0.2, 0) is 0 Å². The predicted molar refractivity (Wildman–Crippen MR) is 74.3 cm³/mol. The number of aromatic nitrogens is 1. The number of hydrogen-bond donors (Lipinski definition) is 0. The Labute approximate surface area is 115 Å². The molecule has 4 nitrogen and oxygen atoms in total. The highest BCUT2D eigenvalue weighted by Crippen LogP contribution is 2.05. The monoisotopic (exact) mass is 269 g/mol. The molecule has 0 fully saturated rings. The molecule has 0 aliphatic rings. The van der Waals surface area contributed by atoms with Crippen molar-refractivity contribution in [1.82, 2.24) is 4.68 Å². The van der Waals surface area contributed by atoms with Gasteiger partial charge in [-0.1, -0.05) is 12.1 Å². The molecule has 100 valence electrons. The van der Waals surface area contributed by atoms with Crippen LogP contribution in [-0.4, -0.2) is 10.9 Å². The molecule has 1 aromatic carbocycles. The van der Waals surface area contributed by atoms with Crippen LogP contribution in [0.5, 0.6) is 0 Å². The third-order valence-corrected chi connectivity index (χ3v) is 2.86. The average molecular weight is 269 g/mol. The van der Waals surface area contributed by atoms with E-state index in [1.54, 1.807) is 32.0 Å². The second-order valence-electron chi connectivity index (χ2n) is 4.37. The number of benzene rings is 1. The van der Waals surface area contributed by atoms with Crippen LogP contribution >= 0.6 is 0 Å². The van der Waals surface area contributed by atoms with Crippen LogP contribution < -0.4 is 5.56 Å². The van der Waals surface area contributed by atoms with Crippen LogP contribution in [0.1, 0.15) is 22.4 Å². The van der Waals surface area contributed by atoms with Gasteiger partial charge in [-0.25, -0.2) is 9.07 Å². The number of hydrogen-bond acceptors (Lipinski definition) is 3. The summed E-state index contributed by atoms with van der Waals surface area (Å²) in [6, 6.07) is 9.34. The molecule has 2 aromatic rings. The quantitative estimate of drug-likeness (QED) is 0.786. The summed E-state index contributed by atoms with van der Waals surface area (Å²) in [5.41, 5.74) is 1.54. The highest BCUT2D eigenvalue weighted by molar-refractivity contribution is 5.79. The topological polar surface area (TPSA) is 58.1 Å². The van der Waals surface area contributed by atoms with Gasteiger partial charge >= 0.3 is 0 Å². The summed E-state index contributed by atoms with van der Waals surface area (Å²) in [6.45, 7) is 3.44. The molecule has 0 radical (unpaired) electrons. The average Bonchev–Trinajstić information content (AvgIpc) is 2.40. The number of aryl methyl sites for hydroxylation is 2. The number of pyridine rings is 1. The van der Waals surface area contributed by atoms with Gasteiger partial charge in [0.25, 0.3) is 5.56 Å². The first-order valence-corrected chi connectivity index (χ1v) is 5.96. The lowest BCUT2D eigenvalue weighted by Gasteiger charge is -2.06. The fourth-order valence-corrected chi connectivity index (χ4v) is 1.83. The van der Waals surface area contributed by atoms with Gasteiger partial charge in [-0.05, 0) is 43.2 Å². The molecule has 0 aliphatic carbocycles. The molecule has 5 heteroatoms. The zero-order chi connectivity index (χ0) is 14.7. The molecule has 0 aliphatic heterocycles. The molecule has 0 amide bonds. The van der Waals surface area contributed by atoms with Crippen molar-refractivity contribution < 1.29 is 4.39 Å². The van der Waals surface area contributed by atoms with Crippen molar-refractivity contribution in [2.24, 2.45) is 5.10 Å². The Morgan fingerprint density at radius 1 is 1.30 bits per heavy atom. The summed E-state index contributed by atoms with van der Waals surface area (Å²) in [5.74, 6) is -0.336. The number of nitrogens with zero attached hydrogens (tertiary/aromatic N) is 3. The molecule has 0 unspecified atom stereocenters. The van der Waals surface area contributed by atoms with Crippen molar-refractivity contribution in [1.29, 1.82) is 5.26 Å². The van der Waals surface area contributed by atoms with Crippen LogP contribution in [0.2, 0.25) is 0 Å².